The average molecular weight is 298 g/mol. The molecule has 2 heterocycles. The minimum atomic E-state index is -0.739. The molecule has 0 radical (unpaired) electrons. The van der Waals surface area contributed by atoms with Gasteiger partial charge >= 0.3 is 5.97 Å². The molecule has 1 aromatic rings. The van der Waals surface area contributed by atoms with E-state index in [-0.39, 0.29) is 13.2 Å². The number of carbonyl (C=O) groups is 1. The topological polar surface area (TPSA) is 91.0 Å². The van der Waals surface area contributed by atoms with E-state index in [9.17, 15) is 14.9 Å². The summed E-state index contributed by atoms with van der Waals surface area (Å²) < 4.78 is 10.5. The van der Waals surface area contributed by atoms with Gasteiger partial charge in [-0.05, 0) is 19.1 Å². The van der Waals surface area contributed by atoms with E-state index in [1.807, 2.05) is 0 Å². The van der Waals surface area contributed by atoms with Crippen LogP contribution < -0.4 is 0 Å². The highest BCUT2D eigenvalue weighted by Crippen LogP contribution is 2.34. The predicted octanol–water partition coefficient (Wildman–Crippen LogP) is 1.95. The molecule has 2 atom stereocenters. The van der Waals surface area contributed by atoms with Crippen molar-refractivity contribution in [2.24, 2.45) is 4.99 Å². The summed E-state index contributed by atoms with van der Waals surface area (Å²) in [6, 6.07) is 2.66. The number of hydrogen-bond donors (Lipinski definition) is 0. The zero-order valence-electron chi connectivity index (χ0n) is 11.1. The van der Waals surface area contributed by atoms with Gasteiger partial charge < -0.3 is 9.47 Å². The van der Waals surface area contributed by atoms with Gasteiger partial charge in [-0.15, -0.1) is 11.3 Å². The van der Waals surface area contributed by atoms with Gasteiger partial charge in [-0.2, -0.15) is 0 Å². The lowest BCUT2D eigenvalue weighted by molar-refractivity contribution is -0.496. The third-order valence-electron chi connectivity index (χ3n) is 2.68. The average Bonchev–Trinajstić information content (AvgIpc) is 2.95. The summed E-state index contributed by atoms with van der Waals surface area (Å²) in [4.78, 5) is 27.4. The van der Waals surface area contributed by atoms with Crippen LogP contribution in [0.25, 0.3) is 0 Å². The van der Waals surface area contributed by atoms with Crippen LogP contribution in [0.5, 0.6) is 0 Å². The Morgan fingerprint density at radius 3 is 3.00 bits per heavy atom. The molecule has 20 heavy (non-hydrogen) atoms. The van der Waals surface area contributed by atoms with Crippen LogP contribution in [0.2, 0.25) is 0 Å². The number of nitrogens with zero attached hydrogens (tertiary/aromatic N) is 2. The fourth-order valence-corrected chi connectivity index (χ4v) is 2.96. The van der Waals surface area contributed by atoms with Crippen molar-refractivity contribution in [1.82, 2.24) is 0 Å². The Morgan fingerprint density at radius 1 is 1.60 bits per heavy atom. The first-order valence-corrected chi connectivity index (χ1v) is 6.91. The van der Waals surface area contributed by atoms with Crippen LogP contribution in [-0.2, 0) is 20.8 Å². The van der Waals surface area contributed by atoms with Crippen molar-refractivity contribution in [3.63, 3.8) is 0 Å². The molecule has 1 aliphatic heterocycles. The molecule has 1 aliphatic rings. The molecule has 1 aromatic heterocycles. The maximum Gasteiger partial charge on any atom is 0.335 e. The van der Waals surface area contributed by atoms with Gasteiger partial charge in [0.25, 0.3) is 0 Å². The van der Waals surface area contributed by atoms with E-state index in [0.29, 0.717) is 10.8 Å². The fourth-order valence-electron chi connectivity index (χ4n) is 1.92. The number of rotatable bonds is 5. The molecule has 0 spiro atoms. The quantitative estimate of drug-likeness (QED) is 0.470. The van der Waals surface area contributed by atoms with Gasteiger partial charge in [-0.3, -0.25) is 10.1 Å². The first-order valence-electron chi connectivity index (χ1n) is 6.09. The lowest BCUT2D eigenvalue weighted by Gasteiger charge is -2.14. The molecule has 0 amide bonds. The highest BCUT2D eigenvalue weighted by molar-refractivity contribution is 7.12. The molecular weight excluding hydrogens is 284 g/mol. The Morgan fingerprint density at radius 2 is 2.35 bits per heavy atom. The Hall–Kier alpha value is -1.96. The van der Waals surface area contributed by atoms with Crippen molar-refractivity contribution in [1.29, 1.82) is 0 Å². The molecule has 0 saturated heterocycles. The standard InChI is InChI=1S/C12H14N2O5S/c1-3-18-12(15)10-11(19-7(2)13-10)9-5-4-8(20-9)6-14(16)17/h4-5,10-11H,3,6H2,1-2H3. The SMILES string of the molecule is CCOC(=O)C1N=C(C)OC1c1ccc(C[N+](=O)[O-])s1. The number of ether oxygens (including phenoxy) is 2. The van der Waals surface area contributed by atoms with E-state index in [0.717, 1.165) is 4.88 Å². The molecule has 108 valence electrons. The van der Waals surface area contributed by atoms with Gasteiger partial charge in [-0.25, -0.2) is 9.79 Å². The van der Waals surface area contributed by atoms with E-state index in [4.69, 9.17) is 9.47 Å². The van der Waals surface area contributed by atoms with Gasteiger partial charge in [-0.1, -0.05) is 0 Å². The number of esters is 1. The van der Waals surface area contributed by atoms with Crippen molar-refractivity contribution in [3.05, 3.63) is 32.0 Å². The van der Waals surface area contributed by atoms with Crippen molar-refractivity contribution in [2.75, 3.05) is 6.61 Å². The lowest BCUT2D eigenvalue weighted by atomic mass is 10.1. The van der Waals surface area contributed by atoms with Crippen LogP contribution >= 0.6 is 11.3 Å². The lowest BCUT2D eigenvalue weighted by Crippen LogP contribution is -2.25. The van der Waals surface area contributed by atoms with Crippen LogP contribution in [0.1, 0.15) is 29.7 Å². The molecule has 0 saturated carbocycles. The normalized spacial score (nSPS) is 21.2. The van der Waals surface area contributed by atoms with Crippen LogP contribution in [0.3, 0.4) is 0 Å². The molecular formula is C12H14N2O5S. The van der Waals surface area contributed by atoms with Gasteiger partial charge in [0.05, 0.1) is 11.5 Å². The zero-order valence-corrected chi connectivity index (χ0v) is 11.9. The maximum atomic E-state index is 11.8. The van der Waals surface area contributed by atoms with Crippen LogP contribution in [0.4, 0.5) is 0 Å². The fraction of sp³-hybridized carbons (Fsp3) is 0.500. The van der Waals surface area contributed by atoms with Crippen molar-refractivity contribution >= 4 is 23.2 Å². The molecule has 0 aliphatic carbocycles. The Kier molecular flexibility index (Phi) is 4.33. The zero-order chi connectivity index (χ0) is 14.7. The monoisotopic (exact) mass is 298 g/mol. The van der Waals surface area contributed by atoms with Crippen LogP contribution in [-0.4, -0.2) is 29.4 Å². The van der Waals surface area contributed by atoms with Gasteiger partial charge in [0, 0.05) is 16.7 Å². The highest BCUT2D eigenvalue weighted by Gasteiger charge is 2.38. The summed E-state index contributed by atoms with van der Waals surface area (Å²) in [5, 5.41) is 10.5. The van der Waals surface area contributed by atoms with E-state index < -0.39 is 23.0 Å². The van der Waals surface area contributed by atoms with Gasteiger partial charge in [0.15, 0.2) is 18.0 Å². The van der Waals surface area contributed by atoms with Crippen molar-refractivity contribution in [3.8, 4) is 0 Å². The summed E-state index contributed by atoms with van der Waals surface area (Å²) in [5.74, 6) is -0.0316. The molecule has 2 rings (SSSR count). The Balaban J connectivity index is 2.16. The third-order valence-corrected chi connectivity index (χ3v) is 3.81. The minimum Gasteiger partial charge on any atom is -0.469 e. The summed E-state index contributed by atoms with van der Waals surface area (Å²) in [6.07, 6.45) is -0.556. The summed E-state index contributed by atoms with van der Waals surface area (Å²) in [5.41, 5.74) is 0. The van der Waals surface area contributed by atoms with E-state index >= 15 is 0 Å². The number of aliphatic imine (C=N–C) groups is 1. The molecule has 2 unspecified atom stereocenters. The molecule has 0 bridgehead atoms. The number of nitro groups is 1. The summed E-state index contributed by atoms with van der Waals surface area (Å²) in [6.45, 7) is 3.42. The summed E-state index contributed by atoms with van der Waals surface area (Å²) in [7, 11) is 0. The first-order chi connectivity index (χ1) is 9.51. The Bertz CT molecular complexity index is 554. The second kappa shape index (κ2) is 6.00. The van der Waals surface area contributed by atoms with Gasteiger partial charge in [0.1, 0.15) is 0 Å². The molecule has 0 aromatic carbocycles. The van der Waals surface area contributed by atoms with Crippen LogP contribution in [0, 0.1) is 10.1 Å². The second-order valence-electron chi connectivity index (χ2n) is 4.18. The number of carbonyl (C=O) groups excluding carboxylic acids is 1. The Labute approximate surface area is 119 Å². The van der Waals surface area contributed by atoms with E-state index in [1.54, 1.807) is 26.0 Å². The van der Waals surface area contributed by atoms with Crippen LogP contribution in [0.15, 0.2) is 17.1 Å². The van der Waals surface area contributed by atoms with Gasteiger partial charge in [0.2, 0.25) is 6.54 Å². The third kappa shape index (κ3) is 3.13. The number of thiophene rings is 1. The molecule has 0 N–H and O–H groups in total. The predicted molar refractivity (Wildman–Crippen MR) is 72.4 cm³/mol. The number of hydrogen-bond acceptors (Lipinski definition) is 7. The van der Waals surface area contributed by atoms with E-state index in [2.05, 4.69) is 4.99 Å². The van der Waals surface area contributed by atoms with E-state index in [1.165, 1.54) is 11.3 Å². The second-order valence-corrected chi connectivity index (χ2v) is 5.38. The first kappa shape index (κ1) is 14.4. The smallest absolute Gasteiger partial charge is 0.335 e. The molecule has 7 nitrogen and oxygen atoms in total. The summed E-state index contributed by atoms with van der Waals surface area (Å²) >= 11 is 1.25. The maximum absolute atomic E-state index is 11.8. The molecule has 8 heteroatoms. The van der Waals surface area contributed by atoms with Crippen molar-refractivity contribution in [2.45, 2.75) is 32.5 Å². The highest BCUT2D eigenvalue weighted by atomic mass is 32.1. The largest absolute Gasteiger partial charge is 0.469 e. The molecule has 0 fully saturated rings. The van der Waals surface area contributed by atoms with Crippen molar-refractivity contribution < 1.29 is 19.2 Å². The minimum absolute atomic E-state index is 0.235.